The molecule has 0 aromatic carbocycles. The average Bonchev–Trinajstić information content (AvgIpc) is 2.06. The minimum atomic E-state index is -0.417. The zero-order chi connectivity index (χ0) is 8.69. The summed E-state index contributed by atoms with van der Waals surface area (Å²) in [4.78, 5) is 10.5. The fraction of sp³-hybridized carbons (Fsp3) is 0.429. The van der Waals surface area contributed by atoms with E-state index >= 15 is 0 Å². The number of carbonyl (C=O) groups is 1. The molecule has 0 aromatic rings. The standard InChI is InChI=1S/C7H9NO3.K/c1-2-7(10)11-5-6(3-8)4-9;/h4,9H,2,5H2,1H3;/q;+1/p-1/b6-4-;. The van der Waals surface area contributed by atoms with Crippen molar-refractivity contribution in [1.82, 2.24) is 0 Å². The van der Waals surface area contributed by atoms with Gasteiger partial charge in [0.15, 0.2) is 0 Å². The molecule has 12 heavy (non-hydrogen) atoms. The van der Waals surface area contributed by atoms with Gasteiger partial charge in [-0.15, -0.1) is 6.26 Å². The normalized spacial score (nSPS) is 9.50. The van der Waals surface area contributed by atoms with Crippen molar-refractivity contribution >= 4 is 5.97 Å². The molecule has 0 atom stereocenters. The second-order valence-electron chi connectivity index (χ2n) is 1.77. The minimum Gasteiger partial charge on any atom is -0.877 e. The molecule has 0 bridgehead atoms. The van der Waals surface area contributed by atoms with Crippen LogP contribution >= 0.6 is 0 Å². The van der Waals surface area contributed by atoms with Gasteiger partial charge in [-0.1, -0.05) is 6.92 Å². The van der Waals surface area contributed by atoms with Crippen molar-refractivity contribution in [3.05, 3.63) is 11.8 Å². The molecule has 0 saturated carbocycles. The maximum absolute atomic E-state index is 10.5. The van der Waals surface area contributed by atoms with Crippen LogP contribution in [0, 0.1) is 11.3 Å². The molecule has 0 aliphatic heterocycles. The summed E-state index contributed by atoms with van der Waals surface area (Å²) in [5, 5.41) is 18.2. The fourth-order valence-electron chi connectivity index (χ4n) is 0.353. The monoisotopic (exact) mass is 193 g/mol. The van der Waals surface area contributed by atoms with Crippen LogP contribution in [0.5, 0.6) is 0 Å². The fourth-order valence-corrected chi connectivity index (χ4v) is 0.353. The number of hydrogen-bond donors (Lipinski definition) is 0. The van der Waals surface area contributed by atoms with E-state index < -0.39 is 5.97 Å². The largest absolute Gasteiger partial charge is 1.00 e. The molecule has 0 radical (unpaired) electrons. The van der Waals surface area contributed by atoms with Gasteiger partial charge < -0.3 is 9.84 Å². The average molecular weight is 193 g/mol. The Kier molecular flexibility index (Phi) is 11.3. The maximum atomic E-state index is 10.5. The summed E-state index contributed by atoms with van der Waals surface area (Å²) in [6, 6.07) is 1.60. The van der Waals surface area contributed by atoms with Crippen molar-refractivity contribution in [3.8, 4) is 6.07 Å². The van der Waals surface area contributed by atoms with Gasteiger partial charge in [0, 0.05) is 6.42 Å². The van der Waals surface area contributed by atoms with Crippen molar-refractivity contribution in [2.45, 2.75) is 13.3 Å². The van der Waals surface area contributed by atoms with Gasteiger partial charge in [0.2, 0.25) is 0 Å². The molecule has 0 unspecified atom stereocenters. The van der Waals surface area contributed by atoms with Gasteiger partial charge in [0.05, 0.1) is 11.6 Å². The van der Waals surface area contributed by atoms with Crippen molar-refractivity contribution in [2.24, 2.45) is 0 Å². The number of esters is 1. The van der Waals surface area contributed by atoms with Crippen LogP contribution < -0.4 is 56.5 Å². The smallest absolute Gasteiger partial charge is 0.877 e. The number of ether oxygens (including phenoxy) is 1. The van der Waals surface area contributed by atoms with Gasteiger partial charge in [0.1, 0.15) is 6.61 Å². The molecule has 0 rings (SSSR count). The van der Waals surface area contributed by atoms with Gasteiger partial charge in [-0.3, -0.25) is 4.79 Å². The number of hydrogen-bond acceptors (Lipinski definition) is 4. The first-order valence-electron chi connectivity index (χ1n) is 3.11. The molecule has 0 amide bonds. The van der Waals surface area contributed by atoms with E-state index in [2.05, 4.69) is 4.74 Å². The topological polar surface area (TPSA) is 73.2 Å². The molecule has 0 heterocycles. The summed E-state index contributed by atoms with van der Waals surface area (Å²) < 4.78 is 4.51. The zero-order valence-electron chi connectivity index (χ0n) is 7.16. The Morgan fingerprint density at radius 2 is 2.33 bits per heavy atom. The van der Waals surface area contributed by atoms with Gasteiger partial charge in [0.25, 0.3) is 0 Å². The Labute approximate surface area is 114 Å². The number of nitrogens with zero attached hydrogens (tertiary/aromatic N) is 1. The van der Waals surface area contributed by atoms with E-state index in [-0.39, 0.29) is 70.0 Å². The maximum Gasteiger partial charge on any atom is 1.00 e. The first-order chi connectivity index (χ1) is 5.24. The van der Waals surface area contributed by atoms with Crippen LogP contribution in [0.15, 0.2) is 11.8 Å². The molecule has 4 nitrogen and oxygen atoms in total. The second-order valence-corrected chi connectivity index (χ2v) is 1.77. The Bertz CT molecular complexity index is 207. The molecule has 0 aromatic heterocycles. The van der Waals surface area contributed by atoms with Crippen molar-refractivity contribution in [2.75, 3.05) is 6.61 Å². The second kappa shape index (κ2) is 9.23. The third kappa shape index (κ3) is 6.82. The van der Waals surface area contributed by atoms with Crippen molar-refractivity contribution in [1.29, 1.82) is 5.26 Å². The summed E-state index contributed by atoms with van der Waals surface area (Å²) in [5.41, 5.74) is -0.0770. The zero-order valence-corrected chi connectivity index (χ0v) is 10.3. The van der Waals surface area contributed by atoms with Crippen LogP contribution in [0.25, 0.3) is 0 Å². The first kappa shape index (κ1) is 14.6. The molecular formula is C7H8KNO3. The Morgan fingerprint density at radius 1 is 1.75 bits per heavy atom. The van der Waals surface area contributed by atoms with Crippen LogP contribution in [0.2, 0.25) is 0 Å². The Hall–Kier alpha value is 0.136. The van der Waals surface area contributed by atoms with Crippen molar-refractivity contribution in [3.63, 3.8) is 0 Å². The van der Waals surface area contributed by atoms with Crippen molar-refractivity contribution < 1.29 is 66.0 Å². The summed E-state index contributed by atoms with van der Waals surface area (Å²) in [5.74, 6) is -0.417. The molecule has 0 aliphatic rings. The van der Waals surface area contributed by atoms with Gasteiger partial charge in [-0.25, -0.2) is 0 Å². The molecule has 0 spiro atoms. The number of carbonyl (C=O) groups excluding carboxylic acids is 1. The summed E-state index contributed by atoms with van der Waals surface area (Å²) in [7, 11) is 0. The molecule has 0 aliphatic carbocycles. The molecule has 0 saturated heterocycles. The molecule has 0 fully saturated rings. The third-order valence-corrected chi connectivity index (χ3v) is 0.963. The van der Waals surface area contributed by atoms with E-state index in [4.69, 9.17) is 5.26 Å². The molecule has 60 valence electrons. The molecule has 5 heteroatoms. The van der Waals surface area contributed by atoms with E-state index in [1.807, 2.05) is 0 Å². The summed E-state index contributed by atoms with van der Waals surface area (Å²) in [6.45, 7) is 1.42. The molecular weight excluding hydrogens is 185 g/mol. The third-order valence-electron chi connectivity index (χ3n) is 0.963. The van der Waals surface area contributed by atoms with Crippen LogP contribution in [0.4, 0.5) is 0 Å². The SMILES string of the molecule is CCC(=O)OC/C(C#N)=C\[O-].[K+]. The number of nitriles is 1. The van der Waals surface area contributed by atoms with Gasteiger partial charge in [-0.2, -0.15) is 5.26 Å². The number of rotatable bonds is 3. The Balaban J connectivity index is 0. The van der Waals surface area contributed by atoms with Gasteiger partial charge >= 0.3 is 57.4 Å². The molecule has 0 N–H and O–H groups in total. The quantitative estimate of drug-likeness (QED) is 0.204. The Morgan fingerprint density at radius 3 is 2.67 bits per heavy atom. The van der Waals surface area contributed by atoms with E-state index in [1.54, 1.807) is 13.0 Å². The summed E-state index contributed by atoms with van der Waals surface area (Å²) >= 11 is 0. The van der Waals surface area contributed by atoms with E-state index in [1.165, 1.54) is 0 Å². The van der Waals surface area contributed by atoms with Crippen LogP contribution in [-0.2, 0) is 9.53 Å². The van der Waals surface area contributed by atoms with E-state index in [9.17, 15) is 9.90 Å². The van der Waals surface area contributed by atoms with E-state index in [0.717, 1.165) is 0 Å². The van der Waals surface area contributed by atoms with Crippen LogP contribution in [0.3, 0.4) is 0 Å². The first-order valence-corrected chi connectivity index (χ1v) is 3.11. The summed E-state index contributed by atoms with van der Waals surface area (Å²) in [6.07, 6.45) is 0.626. The van der Waals surface area contributed by atoms with Crippen LogP contribution in [-0.4, -0.2) is 12.6 Å². The van der Waals surface area contributed by atoms with E-state index in [0.29, 0.717) is 6.26 Å². The van der Waals surface area contributed by atoms with Crippen LogP contribution in [0.1, 0.15) is 13.3 Å². The van der Waals surface area contributed by atoms with Gasteiger partial charge in [-0.05, 0) is 0 Å². The predicted octanol–water partition coefficient (Wildman–Crippen LogP) is -3.29. The predicted molar refractivity (Wildman–Crippen MR) is 34.9 cm³/mol. The minimum absolute atomic E-state index is 0.